The van der Waals surface area contributed by atoms with E-state index in [1.807, 2.05) is 30.3 Å². The second-order valence-corrected chi connectivity index (χ2v) is 13.3. The first kappa shape index (κ1) is 30.1. The van der Waals surface area contributed by atoms with Gasteiger partial charge in [-0.1, -0.05) is 121 Å². The summed E-state index contributed by atoms with van der Waals surface area (Å²) < 4.78 is 6.76. The standard InChI is InChI=1S/C48H33N3O/c1-3-14-34(15-4-1)46-47(50-43-21-11-10-20-42(43)49-46)41-30-29-39(45-40-19-9-12-22-44(40)52-48(41)45)33-24-26-37(27-25-33)51(36-17-5-2-6-18-36)38-28-23-32-13-7-8-16-35(32)31-38/h1-14,16-31,34H,15H2. The van der Waals surface area contributed by atoms with Crippen LogP contribution in [0, 0.1) is 0 Å². The first-order valence-electron chi connectivity index (χ1n) is 17.8. The molecule has 10 rings (SSSR count). The molecule has 246 valence electrons. The van der Waals surface area contributed by atoms with Crippen molar-refractivity contribution in [3.05, 3.63) is 188 Å². The summed E-state index contributed by atoms with van der Waals surface area (Å²) in [6.07, 6.45) is 9.52. The van der Waals surface area contributed by atoms with E-state index in [0.29, 0.717) is 0 Å². The normalized spacial score (nSPS) is 14.1. The van der Waals surface area contributed by atoms with Crippen LogP contribution in [-0.2, 0) is 0 Å². The Morgan fingerprint density at radius 1 is 0.558 bits per heavy atom. The fourth-order valence-corrected chi connectivity index (χ4v) is 7.64. The zero-order valence-electron chi connectivity index (χ0n) is 28.4. The summed E-state index contributed by atoms with van der Waals surface area (Å²) in [6, 6.07) is 55.5. The predicted molar refractivity (Wildman–Crippen MR) is 216 cm³/mol. The summed E-state index contributed by atoms with van der Waals surface area (Å²) in [7, 11) is 0. The molecule has 0 amide bonds. The third-order valence-corrected chi connectivity index (χ3v) is 10.2. The average Bonchev–Trinajstić information content (AvgIpc) is 3.61. The summed E-state index contributed by atoms with van der Waals surface area (Å²) in [6.45, 7) is 0. The average molecular weight is 668 g/mol. The summed E-state index contributed by atoms with van der Waals surface area (Å²) >= 11 is 0. The lowest BCUT2D eigenvalue weighted by Crippen LogP contribution is -2.09. The van der Waals surface area contributed by atoms with Gasteiger partial charge in [-0.15, -0.1) is 0 Å². The largest absolute Gasteiger partial charge is 0.455 e. The Balaban J connectivity index is 1.13. The minimum absolute atomic E-state index is 0.124. The molecule has 1 unspecified atom stereocenters. The number of para-hydroxylation sites is 4. The fraction of sp³-hybridized carbons (Fsp3) is 0.0417. The van der Waals surface area contributed by atoms with E-state index in [0.717, 1.165) is 84.5 Å². The van der Waals surface area contributed by atoms with Crippen molar-refractivity contribution in [3.63, 3.8) is 0 Å². The van der Waals surface area contributed by atoms with E-state index in [1.54, 1.807) is 0 Å². The molecule has 2 heterocycles. The molecule has 4 heteroatoms. The molecule has 52 heavy (non-hydrogen) atoms. The van der Waals surface area contributed by atoms with Gasteiger partial charge in [0.15, 0.2) is 0 Å². The minimum Gasteiger partial charge on any atom is -0.455 e. The van der Waals surface area contributed by atoms with Gasteiger partial charge >= 0.3 is 0 Å². The molecule has 2 aromatic heterocycles. The molecule has 0 N–H and O–H groups in total. The van der Waals surface area contributed by atoms with E-state index >= 15 is 0 Å². The highest BCUT2D eigenvalue weighted by Crippen LogP contribution is 2.44. The molecule has 0 bridgehead atoms. The van der Waals surface area contributed by atoms with Crippen LogP contribution in [-0.4, -0.2) is 9.97 Å². The molecule has 1 atom stereocenters. The monoisotopic (exact) mass is 667 g/mol. The number of aromatic nitrogens is 2. The Morgan fingerprint density at radius 3 is 2.08 bits per heavy atom. The van der Waals surface area contributed by atoms with Gasteiger partial charge in [-0.25, -0.2) is 9.97 Å². The second-order valence-electron chi connectivity index (χ2n) is 13.3. The van der Waals surface area contributed by atoms with Crippen molar-refractivity contribution in [2.75, 3.05) is 4.90 Å². The molecule has 0 spiro atoms. The van der Waals surface area contributed by atoms with Gasteiger partial charge in [0, 0.05) is 39.3 Å². The van der Waals surface area contributed by atoms with Gasteiger partial charge in [-0.05, 0) is 89.0 Å². The molecular weight excluding hydrogens is 635 g/mol. The Hall–Kier alpha value is -6.78. The van der Waals surface area contributed by atoms with Gasteiger partial charge in [0.1, 0.15) is 11.2 Å². The summed E-state index contributed by atoms with van der Waals surface area (Å²) in [4.78, 5) is 12.8. The predicted octanol–water partition coefficient (Wildman–Crippen LogP) is 13.1. The molecule has 7 aromatic carbocycles. The number of hydrogen-bond acceptors (Lipinski definition) is 4. The Labute approximate surface area is 301 Å². The van der Waals surface area contributed by atoms with Crippen LogP contribution >= 0.6 is 0 Å². The van der Waals surface area contributed by atoms with Gasteiger partial charge in [0.05, 0.1) is 22.4 Å². The summed E-state index contributed by atoms with van der Waals surface area (Å²) in [5, 5.41) is 4.59. The van der Waals surface area contributed by atoms with E-state index in [4.69, 9.17) is 14.4 Å². The molecular formula is C48H33N3O. The van der Waals surface area contributed by atoms with Crippen LogP contribution in [0.3, 0.4) is 0 Å². The highest BCUT2D eigenvalue weighted by molar-refractivity contribution is 6.16. The van der Waals surface area contributed by atoms with Crippen molar-refractivity contribution in [1.82, 2.24) is 9.97 Å². The third-order valence-electron chi connectivity index (χ3n) is 10.2. The van der Waals surface area contributed by atoms with Crippen molar-refractivity contribution in [2.45, 2.75) is 12.3 Å². The highest BCUT2D eigenvalue weighted by atomic mass is 16.3. The summed E-state index contributed by atoms with van der Waals surface area (Å²) in [5.74, 6) is 0.124. The van der Waals surface area contributed by atoms with Crippen LogP contribution < -0.4 is 4.90 Å². The van der Waals surface area contributed by atoms with Crippen LogP contribution in [0.1, 0.15) is 18.0 Å². The van der Waals surface area contributed by atoms with Crippen LogP contribution in [0.15, 0.2) is 186 Å². The first-order chi connectivity index (χ1) is 25.8. The number of benzene rings is 7. The van der Waals surface area contributed by atoms with Crippen LogP contribution in [0.4, 0.5) is 17.1 Å². The van der Waals surface area contributed by atoms with Crippen LogP contribution in [0.5, 0.6) is 0 Å². The van der Waals surface area contributed by atoms with E-state index in [1.165, 1.54) is 10.8 Å². The SMILES string of the molecule is C1=CCC(c2nc3ccccc3nc2-c2ccc(-c3ccc(N(c4ccccc4)c4ccc5ccccc5c4)cc3)c3c2oc2ccccc23)C=C1. The number of rotatable bonds is 6. The van der Waals surface area contributed by atoms with E-state index in [2.05, 4.69) is 157 Å². The number of anilines is 3. The Bertz CT molecular complexity index is 2830. The number of furan rings is 1. The lowest BCUT2D eigenvalue weighted by atomic mass is 9.91. The molecule has 1 aliphatic carbocycles. The van der Waals surface area contributed by atoms with Gasteiger partial charge in [-0.3, -0.25) is 0 Å². The number of fused-ring (bicyclic) bond motifs is 5. The number of nitrogens with zero attached hydrogens (tertiary/aromatic N) is 3. The van der Waals surface area contributed by atoms with Gasteiger partial charge in [0.25, 0.3) is 0 Å². The molecule has 0 aliphatic heterocycles. The molecule has 0 saturated heterocycles. The molecule has 0 radical (unpaired) electrons. The van der Waals surface area contributed by atoms with Crippen LogP contribution in [0.25, 0.3) is 66.1 Å². The van der Waals surface area contributed by atoms with Gasteiger partial charge in [0.2, 0.25) is 0 Å². The lowest BCUT2D eigenvalue weighted by molar-refractivity contribution is 0.669. The van der Waals surface area contributed by atoms with Crippen molar-refractivity contribution in [1.29, 1.82) is 0 Å². The minimum atomic E-state index is 0.124. The molecule has 1 aliphatic rings. The van der Waals surface area contributed by atoms with Gasteiger partial charge < -0.3 is 9.32 Å². The zero-order valence-corrected chi connectivity index (χ0v) is 28.4. The molecule has 0 fully saturated rings. The highest BCUT2D eigenvalue weighted by Gasteiger charge is 2.24. The number of hydrogen-bond donors (Lipinski definition) is 0. The fourth-order valence-electron chi connectivity index (χ4n) is 7.64. The van der Waals surface area contributed by atoms with Crippen molar-refractivity contribution in [3.8, 4) is 22.4 Å². The van der Waals surface area contributed by atoms with Crippen LogP contribution in [0.2, 0.25) is 0 Å². The van der Waals surface area contributed by atoms with Gasteiger partial charge in [-0.2, -0.15) is 0 Å². The maximum absolute atomic E-state index is 6.76. The maximum atomic E-state index is 6.76. The lowest BCUT2D eigenvalue weighted by Gasteiger charge is -2.26. The van der Waals surface area contributed by atoms with E-state index < -0.39 is 0 Å². The topological polar surface area (TPSA) is 42.2 Å². The molecule has 4 nitrogen and oxygen atoms in total. The van der Waals surface area contributed by atoms with Crippen molar-refractivity contribution >= 4 is 60.8 Å². The zero-order chi connectivity index (χ0) is 34.4. The van der Waals surface area contributed by atoms with E-state index in [9.17, 15) is 0 Å². The van der Waals surface area contributed by atoms with Crippen molar-refractivity contribution < 1.29 is 4.42 Å². The van der Waals surface area contributed by atoms with E-state index in [-0.39, 0.29) is 5.92 Å². The summed E-state index contributed by atoms with van der Waals surface area (Å²) in [5.41, 5.74) is 11.8. The Morgan fingerprint density at radius 2 is 1.25 bits per heavy atom. The smallest absolute Gasteiger partial charge is 0.145 e. The van der Waals surface area contributed by atoms with Crippen molar-refractivity contribution in [2.24, 2.45) is 0 Å². The molecule has 0 saturated carbocycles. The Kier molecular flexibility index (Phi) is 7.24. The second kappa shape index (κ2) is 12.5. The third kappa shape index (κ3) is 5.16. The first-order valence-corrected chi connectivity index (χ1v) is 17.8. The quantitative estimate of drug-likeness (QED) is 0.177. The number of allylic oxidation sites excluding steroid dienone is 4. The molecule has 9 aromatic rings. The maximum Gasteiger partial charge on any atom is 0.145 e.